The van der Waals surface area contributed by atoms with Gasteiger partial charge in [-0.1, -0.05) is 24.3 Å². The van der Waals surface area contributed by atoms with E-state index in [2.05, 4.69) is 5.32 Å². The van der Waals surface area contributed by atoms with Crippen LogP contribution < -0.4 is 10.1 Å². The molecule has 2 amide bonds. The molecule has 1 N–H and O–H groups in total. The van der Waals surface area contributed by atoms with E-state index in [4.69, 9.17) is 4.74 Å². The van der Waals surface area contributed by atoms with Crippen LogP contribution in [0.4, 0.5) is 5.69 Å². The highest BCUT2D eigenvalue weighted by molar-refractivity contribution is 6.03. The normalized spacial score (nSPS) is 10.5. The molecule has 0 aromatic heterocycles. The summed E-state index contributed by atoms with van der Waals surface area (Å²) in [5, 5.41) is 2.75. The van der Waals surface area contributed by atoms with Gasteiger partial charge < -0.3 is 15.0 Å². The molecule has 0 bridgehead atoms. The Morgan fingerprint density at radius 1 is 1.08 bits per heavy atom. The third-order valence-corrected chi connectivity index (χ3v) is 3.34. The van der Waals surface area contributed by atoms with Crippen LogP contribution in [0, 0.1) is 0 Å². The van der Waals surface area contributed by atoms with Gasteiger partial charge in [0.05, 0.1) is 7.11 Å². The standard InChI is InChI=1S/C19H20N2O3/c1-21(2)19(23)15-8-6-9-16(13-15)20-18(22)12-11-14-7-4-5-10-17(14)24-3/h4-13H,1-3H3,(H,20,22)/b12-11+. The Balaban J connectivity index is 2.08. The number of amides is 2. The Labute approximate surface area is 141 Å². The number of para-hydroxylation sites is 1. The molecule has 2 rings (SSSR count). The molecular formula is C19H20N2O3. The average Bonchev–Trinajstić information content (AvgIpc) is 2.59. The van der Waals surface area contributed by atoms with Crippen molar-refractivity contribution in [2.75, 3.05) is 26.5 Å². The second-order valence-corrected chi connectivity index (χ2v) is 5.34. The third-order valence-electron chi connectivity index (χ3n) is 3.34. The quantitative estimate of drug-likeness (QED) is 0.860. The maximum absolute atomic E-state index is 12.1. The molecule has 0 spiro atoms. The molecule has 0 atom stereocenters. The summed E-state index contributed by atoms with van der Waals surface area (Å²) in [5.41, 5.74) is 1.90. The zero-order valence-electron chi connectivity index (χ0n) is 13.9. The molecule has 5 heteroatoms. The van der Waals surface area contributed by atoms with Gasteiger partial charge in [0, 0.05) is 37.0 Å². The van der Waals surface area contributed by atoms with Crippen molar-refractivity contribution in [3.8, 4) is 5.75 Å². The van der Waals surface area contributed by atoms with E-state index in [9.17, 15) is 9.59 Å². The molecule has 0 unspecified atom stereocenters. The number of rotatable bonds is 5. The number of methoxy groups -OCH3 is 1. The van der Waals surface area contributed by atoms with Crippen molar-refractivity contribution in [2.24, 2.45) is 0 Å². The van der Waals surface area contributed by atoms with E-state index < -0.39 is 0 Å². The van der Waals surface area contributed by atoms with Crippen molar-refractivity contribution >= 4 is 23.6 Å². The summed E-state index contributed by atoms with van der Waals surface area (Å²) in [7, 11) is 4.95. The van der Waals surface area contributed by atoms with Crippen LogP contribution in [0.25, 0.3) is 6.08 Å². The van der Waals surface area contributed by atoms with E-state index in [0.29, 0.717) is 17.0 Å². The first-order valence-corrected chi connectivity index (χ1v) is 7.45. The Morgan fingerprint density at radius 3 is 2.54 bits per heavy atom. The van der Waals surface area contributed by atoms with Crippen LogP contribution >= 0.6 is 0 Å². The van der Waals surface area contributed by atoms with Crippen LogP contribution in [0.1, 0.15) is 15.9 Å². The number of hydrogen-bond donors (Lipinski definition) is 1. The molecule has 0 fully saturated rings. The zero-order valence-corrected chi connectivity index (χ0v) is 13.9. The van der Waals surface area contributed by atoms with Crippen molar-refractivity contribution in [1.82, 2.24) is 4.90 Å². The van der Waals surface area contributed by atoms with Crippen LogP contribution in [0.5, 0.6) is 5.75 Å². The summed E-state index contributed by atoms with van der Waals surface area (Å²) < 4.78 is 5.24. The summed E-state index contributed by atoms with van der Waals surface area (Å²) in [4.78, 5) is 25.5. The Bertz CT molecular complexity index is 767. The Kier molecular flexibility index (Phi) is 5.73. The van der Waals surface area contributed by atoms with Gasteiger partial charge in [0.1, 0.15) is 5.75 Å². The van der Waals surface area contributed by atoms with E-state index in [1.165, 1.54) is 11.0 Å². The van der Waals surface area contributed by atoms with E-state index in [0.717, 1.165) is 5.56 Å². The van der Waals surface area contributed by atoms with Crippen LogP contribution in [0.15, 0.2) is 54.6 Å². The predicted molar refractivity (Wildman–Crippen MR) is 95.1 cm³/mol. The SMILES string of the molecule is COc1ccccc1/C=C/C(=O)Nc1cccc(C(=O)N(C)C)c1. The molecule has 0 heterocycles. The fourth-order valence-corrected chi connectivity index (χ4v) is 2.14. The Morgan fingerprint density at radius 2 is 1.83 bits per heavy atom. The monoisotopic (exact) mass is 324 g/mol. The lowest BCUT2D eigenvalue weighted by Crippen LogP contribution is -2.21. The van der Waals surface area contributed by atoms with Crippen LogP contribution in [-0.4, -0.2) is 37.9 Å². The molecule has 0 radical (unpaired) electrons. The molecule has 0 saturated carbocycles. The van der Waals surface area contributed by atoms with Crippen molar-refractivity contribution in [3.63, 3.8) is 0 Å². The van der Waals surface area contributed by atoms with Gasteiger partial charge >= 0.3 is 0 Å². The lowest BCUT2D eigenvalue weighted by atomic mass is 10.1. The van der Waals surface area contributed by atoms with E-state index >= 15 is 0 Å². The van der Waals surface area contributed by atoms with Gasteiger partial charge in [-0.05, 0) is 30.3 Å². The fourth-order valence-electron chi connectivity index (χ4n) is 2.14. The first-order chi connectivity index (χ1) is 11.5. The summed E-state index contributed by atoms with van der Waals surface area (Å²) >= 11 is 0. The van der Waals surface area contributed by atoms with Crippen LogP contribution in [0.2, 0.25) is 0 Å². The second-order valence-electron chi connectivity index (χ2n) is 5.34. The first-order valence-electron chi connectivity index (χ1n) is 7.45. The lowest BCUT2D eigenvalue weighted by molar-refractivity contribution is -0.111. The first kappa shape index (κ1) is 17.3. The topological polar surface area (TPSA) is 58.6 Å². The molecular weight excluding hydrogens is 304 g/mol. The maximum atomic E-state index is 12.1. The van der Waals surface area contributed by atoms with Crippen molar-refractivity contribution in [1.29, 1.82) is 0 Å². The lowest BCUT2D eigenvalue weighted by Gasteiger charge is -2.11. The number of carbonyl (C=O) groups is 2. The van der Waals surface area contributed by atoms with Crippen molar-refractivity contribution in [3.05, 3.63) is 65.7 Å². The van der Waals surface area contributed by atoms with Gasteiger partial charge in [-0.2, -0.15) is 0 Å². The molecule has 5 nitrogen and oxygen atoms in total. The second kappa shape index (κ2) is 7.97. The Hall–Kier alpha value is -3.08. The van der Waals surface area contributed by atoms with E-state index in [1.807, 2.05) is 24.3 Å². The van der Waals surface area contributed by atoms with Crippen LogP contribution in [-0.2, 0) is 4.79 Å². The minimum Gasteiger partial charge on any atom is -0.496 e. The number of anilines is 1. The number of carbonyl (C=O) groups excluding carboxylic acids is 2. The summed E-state index contributed by atoms with van der Waals surface area (Å²) in [6.45, 7) is 0. The average molecular weight is 324 g/mol. The molecule has 0 saturated heterocycles. The molecule has 2 aromatic rings. The summed E-state index contributed by atoms with van der Waals surface area (Å²) in [6.07, 6.45) is 3.11. The minimum absolute atomic E-state index is 0.115. The molecule has 2 aromatic carbocycles. The molecule has 124 valence electrons. The van der Waals surface area contributed by atoms with Crippen LogP contribution in [0.3, 0.4) is 0 Å². The molecule has 0 aliphatic heterocycles. The number of ether oxygens (including phenoxy) is 1. The summed E-state index contributed by atoms with van der Waals surface area (Å²) in [6, 6.07) is 14.3. The molecule has 0 aliphatic rings. The third kappa shape index (κ3) is 4.46. The largest absolute Gasteiger partial charge is 0.496 e. The number of benzene rings is 2. The van der Waals surface area contributed by atoms with E-state index in [1.54, 1.807) is 51.5 Å². The van der Waals surface area contributed by atoms with Gasteiger partial charge in [-0.3, -0.25) is 9.59 Å². The number of nitrogens with one attached hydrogen (secondary N) is 1. The van der Waals surface area contributed by atoms with Gasteiger partial charge in [0.15, 0.2) is 0 Å². The van der Waals surface area contributed by atoms with Crippen molar-refractivity contribution < 1.29 is 14.3 Å². The number of nitrogens with zero attached hydrogens (tertiary/aromatic N) is 1. The van der Waals surface area contributed by atoms with Gasteiger partial charge in [-0.25, -0.2) is 0 Å². The van der Waals surface area contributed by atoms with Gasteiger partial charge in [-0.15, -0.1) is 0 Å². The highest BCUT2D eigenvalue weighted by Gasteiger charge is 2.08. The highest BCUT2D eigenvalue weighted by atomic mass is 16.5. The fraction of sp³-hybridized carbons (Fsp3) is 0.158. The highest BCUT2D eigenvalue weighted by Crippen LogP contribution is 2.19. The van der Waals surface area contributed by atoms with Gasteiger partial charge in [0.25, 0.3) is 5.91 Å². The smallest absolute Gasteiger partial charge is 0.253 e. The zero-order chi connectivity index (χ0) is 17.5. The molecule has 24 heavy (non-hydrogen) atoms. The molecule has 0 aliphatic carbocycles. The summed E-state index contributed by atoms with van der Waals surface area (Å²) in [5.74, 6) is 0.297. The van der Waals surface area contributed by atoms with E-state index in [-0.39, 0.29) is 11.8 Å². The van der Waals surface area contributed by atoms with Gasteiger partial charge in [0.2, 0.25) is 5.91 Å². The number of hydrogen-bond acceptors (Lipinski definition) is 3. The minimum atomic E-state index is -0.282. The van der Waals surface area contributed by atoms with Crippen molar-refractivity contribution in [2.45, 2.75) is 0 Å². The maximum Gasteiger partial charge on any atom is 0.253 e. The predicted octanol–water partition coefficient (Wildman–Crippen LogP) is 3.05.